The SMILES string of the molecule is CCCn1c(C)cc(/C=C(/C#N)C(=O)Nc2ccc(C)c(-n3nnnc3C)c2)c1C. The molecule has 30 heavy (non-hydrogen) atoms. The Balaban J connectivity index is 1.88. The summed E-state index contributed by atoms with van der Waals surface area (Å²) >= 11 is 0. The van der Waals surface area contributed by atoms with Crippen LogP contribution in [0.4, 0.5) is 5.69 Å². The molecule has 2 aromatic heterocycles. The number of nitrogens with zero attached hydrogens (tertiary/aromatic N) is 6. The van der Waals surface area contributed by atoms with Crippen LogP contribution in [0.5, 0.6) is 0 Å². The molecule has 0 spiro atoms. The van der Waals surface area contributed by atoms with Crippen molar-refractivity contribution >= 4 is 17.7 Å². The molecule has 1 aromatic carbocycles. The van der Waals surface area contributed by atoms with Gasteiger partial charge in [-0.05, 0) is 79.9 Å². The smallest absolute Gasteiger partial charge is 0.266 e. The first-order valence-electron chi connectivity index (χ1n) is 9.81. The Bertz CT molecular complexity index is 1160. The zero-order valence-corrected chi connectivity index (χ0v) is 17.9. The van der Waals surface area contributed by atoms with Crippen molar-refractivity contribution in [2.75, 3.05) is 5.32 Å². The van der Waals surface area contributed by atoms with E-state index < -0.39 is 5.91 Å². The van der Waals surface area contributed by atoms with Crippen LogP contribution in [0.1, 0.15) is 41.7 Å². The Morgan fingerprint density at radius 3 is 2.63 bits per heavy atom. The molecular weight excluding hydrogens is 378 g/mol. The van der Waals surface area contributed by atoms with Gasteiger partial charge in [-0.3, -0.25) is 4.79 Å². The number of hydrogen-bond acceptors (Lipinski definition) is 5. The number of rotatable bonds is 6. The highest BCUT2D eigenvalue weighted by Gasteiger charge is 2.14. The van der Waals surface area contributed by atoms with Crippen molar-refractivity contribution < 1.29 is 4.79 Å². The van der Waals surface area contributed by atoms with Crippen LogP contribution in [-0.4, -0.2) is 30.7 Å². The summed E-state index contributed by atoms with van der Waals surface area (Å²) in [5.41, 5.74) is 5.37. The van der Waals surface area contributed by atoms with Crippen molar-refractivity contribution in [2.45, 2.75) is 47.6 Å². The lowest BCUT2D eigenvalue weighted by atomic mass is 10.1. The average Bonchev–Trinajstić information content (AvgIpc) is 3.25. The molecule has 1 N–H and O–H groups in total. The molecule has 0 atom stereocenters. The van der Waals surface area contributed by atoms with Crippen molar-refractivity contribution in [1.29, 1.82) is 5.26 Å². The van der Waals surface area contributed by atoms with Crippen LogP contribution in [0.3, 0.4) is 0 Å². The maximum atomic E-state index is 12.8. The number of tetrazole rings is 1. The van der Waals surface area contributed by atoms with Crippen molar-refractivity contribution in [3.63, 3.8) is 0 Å². The second-order valence-electron chi connectivity index (χ2n) is 7.24. The average molecular weight is 403 g/mol. The summed E-state index contributed by atoms with van der Waals surface area (Å²) in [6, 6.07) is 9.48. The van der Waals surface area contributed by atoms with Gasteiger partial charge in [0.05, 0.1) is 5.69 Å². The Labute approximate surface area is 175 Å². The number of aromatic nitrogens is 5. The van der Waals surface area contributed by atoms with Gasteiger partial charge >= 0.3 is 0 Å². The van der Waals surface area contributed by atoms with Gasteiger partial charge in [-0.15, -0.1) is 5.10 Å². The normalized spacial score (nSPS) is 11.4. The largest absolute Gasteiger partial charge is 0.349 e. The number of amides is 1. The fraction of sp³-hybridized carbons (Fsp3) is 0.318. The molecule has 0 bridgehead atoms. The van der Waals surface area contributed by atoms with Crippen molar-refractivity contribution in [1.82, 2.24) is 24.8 Å². The molecule has 0 aliphatic carbocycles. The Hall–Kier alpha value is -3.73. The maximum absolute atomic E-state index is 12.8. The molecule has 1 amide bonds. The van der Waals surface area contributed by atoms with Crippen LogP contribution < -0.4 is 5.32 Å². The zero-order valence-electron chi connectivity index (χ0n) is 17.9. The second kappa shape index (κ2) is 8.74. The first kappa shape index (κ1) is 21.0. The molecular formula is C22H25N7O. The van der Waals surface area contributed by atoms with E-state index in [0.717, 1.165) is 41.2 Å². The van der Waals surface area contributed by atoms with E-state index in [0.29, 0.717) is 11.5 Å². The molecule has 3 rings (SSSR count). The van der Waals surface area contributed by atoms with Crippen molar-refractivity contribution in [2.24, 2.45) is 0 Å². The topological polar surface area (TPSA) is 101 Å². The fourth-order valence-electron chi connectivity index (χ4n) is 3.41. The molecule has 8 heteroatoms. The van der Waals surface area contributed by atoms with E-state index in [1.54, 1.807) is 29.8 Å². The lowest BCUT2D eigenvalue weighted by Crippen LogP contribution is -2.14. The first-order chi connectivity index (χ1) is 14.3. The predicted octanol–water partition coefficient (Wildman–Crippen LogP) is 3.65. The van der Waals surface area contributed by atoms with E-state index in [1.165, 1.54) is 0 Å². The third-order valence-electron chi connectivity index (χ3n) is 5.05. The molecule has 0 saturated carbocycles. The van der Waals surface area contributed by atoms with Gasteiger partial charge in [0.2, 0.25) is 0 Å². The Morgan fingerprint density at radius 2 is 2.00 bits per heavy atom. The highest BCUT2D eigenvalue weighted by atomic mass is 16.1. The molecule has 0 unspecified atom stereocenters. The highest BCUT2D eigenvalue weighted by Crippen LogP contribution is 2.22. The van der Waals surface area contributed by atoms with Gasteiger partial charge < -0.3 is 9.88 Å². The van der Waals surface area contributed by atoms with Crippen LogP contribution in [0.2, 0.25) is 0 Å². The number of anilines is 1. The summed E-state index contributed by atoms with van der Waals surface area (Å²) in [5, 5.41) is 23.9. The van der Waals surface area contributed by atoms with Gasteiger partial charge in [0.25, 0.3) is 5.91 Å². The van der Waals surface area contributed by atoms with E-state index in [1.807, 2.05) is 39.0 Å². The minimum absolute atomic E-state index is 0.0486. The van der Waals surface area contributed by atoms with Gasteiger partial charge in [0, 0.05) is 23.6 Å². The molecule has 154 valence electrons. The minimum Gasteiger partial charge on any atom is -0.349 e. The van der Waals surface area contributed by atoms with Crippen molar-refractivity contribution in [3.8, 4) is 11.8 Å². The number of benzene rings is 1. The van der Waals surface area contributed by atoms with Crippen molar-refractivity contribution in [3.05, 3.63) is 58.2 Å². The molecule has 0 fully saturated rings. The molecule has 0 aliphatic rings. The van der Waals surface area contributed by atoms with E-state index in [-0.39, 0.29) is 5.57 Å². The summed E-state index contributed by atoms with van der Waals surface area (Å²) in [7, 11) is 0. The summed E-state index contributed by atoms with van der Waals surface area (Å²) in [6.45, 7) is 10.8. The summed E-state index contributed by atoms with van der Waals surface area (Å²) < 4.78 is 3.80. The Morgan fingerprint density at radius 1 is 1.23 bits per heavy atom. The monoisotopic (exact) mass is 403 g/mol. The van der Waals surface area contributed by atoms with Gasteiger partial charge in [-0.1, -0.05) is 13.0 Å². The Kier molecular flexibility index (Phi) is 6.11. The van der Waals surface area contributed by atoms with Gasteiger partial charge in [0.15, 0.2) is 5.82 Å². The quantitative estimate of drug-likeness (QED) is 0.500. The molecule has 0 saturated heterocycles. The highest BCUT2D eigenvalue weighted by molar-refractivity contribution is 6.09. The number of aryl methyl sites for hydroxylation is 3. The maximum Gasteiger partial charge on any atom is 0.266 e. The number of hydrogen-bond donors (Lipinski definition) is 1. The molecule has 8 nitrogen and oxygen atoms in total. The van der Waals surface area contributed by atoms with Gasteiger partial charge in [-0.2, -0.15) is 9.94 Å². The van der Waals surface area contributed by atoms with Gasteiger partial charge in [0.1, 0.15) is 11.6 Å². The fourth-order valence-corrected chi connectivity index (χ4v) is 3.41. The van der Waals surface area contributed by atoms with Crippen LogP contribution >= 0.6 is 0 Å². The standard InChI is InChI=1S/C22H25N7O/c1-6-9-28-15(3)10-18(16(28)4)11-19(13-23)22(30)24-20-8-7-14(2)21(12-20)29-17(5)25-26-27-29/h7-8,10-12H,6,9H2,1-5H3,(H,24,30)/b19-11-. The predicted molar refractivity (Wildman–Crippen MR) is 115 cm³/mol. The summed E-state index contributed by atoms with van der Waals surface area (Å²) in [5.74, 6) is 0.183. The first-order valence-corrected chi connectivity index (χ1v) is 9.81. The lowest BCUT2D eigenvalue weighted by Gasteiger charge is -2.10. The van der Waals surface area contributed by atoms with E-state index in [4.69, 9.17) is 0 Å². The number of carbonyl (C=O) groups excluding carboxylic acids is 1. The number of carbonyl (C=O) groups is 1. The van der Waals surface area contributed by atoms with Crippen LogP contribution in [-0.2, 0) is 11.3 Å². The summed E-state index contributed by atoms with van der Waals surface area (Å²) in [4.78, 5) is 12.8. The summed E-state index contributed by atoms with van der Waals surface area (Å²) in [6.07, 6.45) is 2.66. The molecule has 0 aliphatic heterocycles. The van der Waals surface area contributed by atoms with Gasteiger partial charge in [-0.25, -0.2) is 0 Å². The van der Waals surface area contributed by atoms with E-state index in [2.05, 4.69) is 32.3 Å². The molecule has 3 aromatic rings. The van der Waals surface area contributed by atoms with Crippen LogP contribution in [0, 0.1) is 39.0 Å². The van der Waals surface area contributed by atoms with E-state index in [9.17, 15) is 10.1 Å². The van der Waals surface area contributed by atoms with E-state index >= 15 is 0 Å². The minimum atomic E-state index is -0.457. The molecule has 2 heterocycles. The van der Waals surface area contributed by atoms with Crippen LogP contribution in [0.25, 0.3) is 11.8 Å². The number of nitrogens with one attached hydrogen (secondary N) is 1. The second-order valence-corrected chi connectivity index (χ2v) is 7.24. The lowest BCUT2D eigenvalue weighted by molar-refractivity contribution is -0.112. The zero-order chi connectivity index (χ0) is 21.8. The number of nitriles is 1. The molecule has 0 radical (unpaired) electrons. The third-order valence-corrected chi connectivity index (χ3v) is 5.05. The van der Waals surface area contributed by atoms with Crippen LogP contribution in [0.15, 0.2) is 29.8 Å². The third kappa shape index (κ3) is 4.15.